The number of nitrogens with zero attached hydrogens (tertiary/aromatic N) is 2. The molecule has 4 rings (SSSR count). The minimum absolute atomic E-state index is 0. The van der Waals surface area contributed by atoms with Crippen molar-refractivity contribution in [1.29, 1.82) is 0 Å². The van der Waals surface area contributed by atoms with Crippen molar-refractivity contribution in [3.63, 3.8) is 0 Å². The van der Waals surface area contributed by atoms with E-state index in [9.17, 15) is 43.7 Å². The summed E-state index contributed by atoms with van der Waals surface area (Å²) in [6.07, 6.45) is 5.70. The number of carboxylic acids is 1. The Labute approximate surface area is 504 Å². The average Bonchev–Trinajstić information content (AvgIpc) is 3.56. The Morgan fingerprint density at radius 2 is 1.24 bits per heavy atom. The molecular formula is C51H74N2Na2O20S3. The first-order chi connectivity index (χ1) is 35.9. The number of fused-ring (bicyclic) bond motifs is 2. The van der Waals surface area contributed by atoms with Crippen molar-refractivity contribution < 1.29 is 150 Å². The molecule has 0 spiro atoms. The zero-order chi connectivity index (χ0) is 55.8. The standard InChI is InChI=1S/C51H76N2O20S3.2Na/c1-50(2,3)48-37-40(43-13-11-41(38-46(43)73-48)52(17-7-35-74(56,57)58)19-22-68-27-30-72-32-31-69-24-23-65-5)9-6-10-47-51(4,16-21-67-26-29-71-34-33-70-28-25-66-20-15-49(54)55)44-39-42(76(62,63)64)12-14-45(44)53(47)18-8-36-75(59,60)61;;/h6,9-14,37-39H,7-8,15-36H2,1-5H3,(H3-,54,55,56,57,58,59,60,61,62,63,64);;/q;2*+1/p-2. The zero-order valence-corrected chi connectivity index (χ0v) is 52.5. The summed E-state index contributed by atoms with van der Waals surface area (Å²) < 4.78 is 160. The normalized spacial score (nSPS) is 15.9. The molecule has 0 fully saturated rings. The van der Waals surface area contributed by atoms with Crippen LogP contribution in [0.25, 0.3) is 17.4 Å². The molecule has 22 nitrogen and oxygen atoms in total. The van der Waals surface area contributed by atoms with Crippen molar-refractivity contribution >= 4 is 48.1 Å². The molecule has 2 heterocycles. The molecule has 0 amide bonds. The molecule has 0 radical (unpaired) electrons. The third-order valence-electron chi connectivity index (χ3n) is 12.0. The first-order valence-electron chi connectivity index (χ1n) is 25.0. The van der Waals surface area contributed by atoms with E-state index < -0.39 is 63.6 Å². The molecule has 1 atom stereocenters. The summed E-state index contributed by atoms with van der Waals surface area (Å²) in [5.74, 6) is -0.992. The first kappa shape index (κ1) is 71.9. The van der Waals surface area contributed by atoms with Gasteiger partial charge in [0.15, 0.2) is 6.54 Å². The van der Waals surface area contributed by atoms with Crippen LogP contribution in [0.5, 0.6) is 0 Å². The molecule has 1 aromatic rings. The molecule has 0 saturated heterocycles. The van der Waals surface area contributed by atoms with Crippen molar-refractivity contribution in [1.82, 2.24) is 4.58 Å². The van der Waals surface area contributed by atoms with E-state index in [2.05, 4.69) is 0 Å². The fourth-order valence-electron chi connectivity index (χ4n) is 8.10. The molecule has 428 valence electrons. The summed E-state index contributed by atoms with van der Waals surface area (Å²) in [7, 11) is -12.3. The maximum absolute atomic E-state index is 12.4. The van der Waals surface area contributed by atoms with E-state index in [0.29, 0.717) is 80.0 Å². The van der Waals surface area contributed by atoms with Crippen LogP contribution in [0.15, 0.2) is 69.6 Å². The molecule has 1 unspecified atom stereocenters. The summed E-state index contributed by atoms with van der Waals surface area (Å²) in [5.41, 5.74) is 1.62. The molecular weight excluding hydrogens is 1100 g/mol. The van der Waals surface area contributed by atoms with Crippen molar-refractivity contribution in [2.75, 3.05) is 142 Å². The molecule has 0 bridgehead atoms. The molecule has 3 aliphatic rings. The summed E-state index contributed by atoms with van der Waals surface area (Å²) in [6, 6.07) is 11.5. The molecule has 27 heteroatoms. The fourth-order valence-corrected chi connectivity index (χ4v) is 9.56. The molecule has 1 N–H and O–H groups in total. The summed E-state index contributed by atoms with van der Waals surface area (Å²) in [6.45, 7) is 12.9. The maximum atomic E-state index is 12.4. The predicted molar refractivity (Wildman–Crippen MR) is 278 cm³/mol. The van der Waals surface area contributed by atoms with Crippen LogP contribution in [0.3, 0.4) is 0 Å². The van der Waals surface area contributed by atoms with Crippen molar-refractivity contribution in [3.05, 3.63) is 82.6 Å². The van der Waals surface area contributed by atoms with Gasteiger partial charge in [-0.1, -0.05) is 32.9 Å². The maximum Gasteiger partial charge on any atom is 1.00 e. The number of aliphatic carboxylic acids is 1. The SMILES string of the molecule is COCCOCCOCCOCC[N+](CCCS(=O)(=O)[O-])=c1ccc2c(/C=C/C=C3\N(CCCS(=O)(=O)[O-])c4ccc(S(=O)(=O)[O-])cc4C3(C)CCOCCOCCOCCOCCC(=O)O)cc(C(C)(C)C)oc-2c1.[Na+].[Na+]. The van der Waals surface area contributed by atoms with Gasteiger partial charge in [-0.05, 0) is 67.3 Å². The van der Waals surface area contributed by atoms with Crippen LogP contribution < -0.4 is 73.9 Å². The second kappa shape index (κ2) is 35.7. The monoisotopic (exact) mass is 1180 g/mol. The van der Waals surface area contributed by atoms with E-state index in [1.54, 1.807) is 13.2 Å². The number of carboxylic acid groups (broad SMARTS) is 1. The van der Waals surface area contributed by atoms with Crippen LogP contribution in [0.1, 0.15) is 70.3 Å². The number of hydrogen-bond donors (Lipinski definition) is 1. The summed E-state index contributed by atoms with van der Waals surface area (Å²) >= 11 is 0. The van der Waals surface area contributed by atoms with E-state index >= 15 is 0 Å². The van der Waals surface area contributed by atoms with E-state index in [1.165, 1.54) is 18.2 Å². The van der Waals surface area contributed by atoms with Gasteiger partial charge in [-0.25, -0.2) is 29.8 Å². The number of hydrogen-bond acceptors (Lipinski definition) is 20. The molecule has 0 saturated carbocycles. The number of allylic oxidation sites excluding steroid dienone is 3. The zero-order valence-electron chi connectivity index (χ0n) is 46.1. The second-order valence-electron chi connectivity index (χ2n) is 18.9. The number of rotatable bonds is 38. The largest absolute Gasteiger partial charge is 1.00 e. The minimum Gasteiger partial charge on any atom is -0.748 e. The molecule has 0 aromatic heterocycles. The third kappa shape index (κ3) is 25.9. The Balaban J connectivity index is 0.0000104. The summed E-state index contributed by atoms with van der Waals surface area (Å²) in [5, 5.41) is 9.39. The Morgan fingerprint density at radius 3 is 1.78 bits per heavy atom. The van der Waals surface area contributed by atoms with Gasteiger partial charge in [-0.2, -0.15) is 0 Å². The van der Waals surface area contributed by atoms with Gasteiger partial charge in [0.05, 0.1) is 124 Å². The number of carbonyl (C=O) groups is 1. The number of ether oxygens (including phenoxy) is 8. The number of benzene rings is 2. The molecule has 1 aromatic carbocycles. The topological polar surface area (TPSA) is 302 Å². The molecule has 2 aliphatic heterocycles. The molecule has 78 heavy (non-hydrogen) atoms. The van der Waals surface area contributed by atoms with Gasteiger partial charge in [0, 0.05) is 72.0 Å². The van der Waals surface area contributed by atoms with Gasteiger partial charge in [0.1, 0.15) is 34.8 Å². The number of methoxy groups -OCH3 is 1. The van der Waals surface area contributed by atoms with Crippen LogP contribution in [0.4, 0.5) is 5.69 Å². The van der Waals surface area contributed by atoms with E-state index in [0.717, 1.165) is 11.1 Å². The van der Waals surface area contributed by atoms with Gasteiger partial charge in [-0.3, -0.25) is 4.79 Å². The van der Waals surface area contributed by atoms with Crippen LogP contribution in [-0.4, -0.2) is 187 Å². The van der Waals surface area contributed by atoms with Gasteiger partial charge in [0.2, 0.25) is 5.36 Å². The van der Waals surface area contributed by atoms with E-state index in [4.69, 9.17) is 47.4 Å². The van der Waals surface area contributed by atoms with Crippen LogP contribution in [0.2, 0.25) is 0 Å². The van der Waals surface area contributed by atoms with Gasteiger partial charge >= 0.3 is 65.1 Å². The third-order valence-corrected chi connectivity index (χ3v) is 14.4. The van der Waals surface area contributed by atoms with E-state index in [-0.39, 0.29) is 157 Å². The minimum atomic E-state index is -4.89. The Hall–Kier alpha value is -2.19. The fraction of sp³-hybridized carbons (Fsp3) is 0.608. The molecule has 1 aliphatic carbocycles. The predicted octanol–water partition coefficient (Wildman–Crippen LogP) is -2.46. The van der Waals surface area contributed by atoms with Crippen molar-refractivity contribution in [3.8, 4) is 11.3 Å². The van der Waals surface area contributed by atoms with Gasteiger partial charge in [0.25, 0.3) is 0 Å². The first-order valence-corrected chi connectivity index (χ1v) is 29.5. The van der Waals surface area contributed by atoms with Crippen LogP contribution in [0, 0.1) is 0 Å². The number of anilines is 1. The second-order valence-corrected chi connectivity index (χ2v) is 23.3. The van der Waals surface area contributed by atoms with Crippen molar-refractivity contribution in [2.24, 2.45) is 0 Å². The Kier molecular flexibility index (Phi) is 32.9. The van der Waals surface area contributed by atoms with E-state index in [1.807, 2.05) is 73.6 Å². The van der Waals surface area contributed by atoms with Gasteiger partial charge < -0.3 is 66.0 Å². The Bertz CT molecular complexity index is 2750. The Morgan fingerprint density at radius 1 is 0.705 bits per heavy atom. The van der Waals surface area contributed by atoms with Crippen LogP contribution in [-0.2, 0) is 83.9 Å². The van der Waals surface area contributed by atoms with Crippen LogP contribution >= 0.6 is 0 Å². The quantitative estimate of drug-likeness (QED) is 0.0269. The smallest absolute Gasteiger partial charge is 0.748 e. The van der Waals surface area contributed by atoms with Crippen molar-refractivity contribution in [2.45, 2.75) is 69.1 Å². The average molecular weight is 1180 g/mol. The summed E-state index contributed by atoms with van der Waals surface area (Å²) in [4.78, 5) is 12.0. The van der Waals surface area contributed by atoms with Gasteiger partial charge in [-0.15, -0.1) is 0 Å².